The van der Waals surface area contributed by atoms with Crippen LogP contribution < -0.4 is 10.2 Å². The second kappa shape index (κ2) is 5.26. The predicted octanol–water partition coefficient (Wildman–Crippen LogP) is 3.07. The zero-order valence-electron chi connectivity index (χ0n) is 10.6. The van der Waals surface area contributed by atoms with Crippen LogP contribution in [0.3, 0.4) is 0 Å². The molecule has 102 valence electrons. The van der Waals surface area contributed by atoms with E-state index in [4.69, 9.17) is 23.2 Å². The molecular weight excluding hydrogens is 297 g/mol. The van der Waals surface area contributed by atoms with Gasteiger partial charge < -0.3 is 10.2 Å². The Morgan fingerprint density at radius 3 is 2.65 bits per heavy atom. The number of nitrogens with zero attached hydrogens (tertiary/aromatic N) is 4. The van der Waals surface area contributed by atoms with Crippen LogP contribution in [0.4, 0.5) is 5.82 Å². The van der Waals surface area contributed by atoms with Crippen LogP contribution in [-0.2, 0) is 0 Å². The van der Waals surface area contributed by atoms with Gasteiger partial charge >= 0.3 is 0 Å². The van der Waals surface area contributed by atoms with E-state index in [0.29, 0.717) is 10.0 Å². The molecule has 0 spiro atoms. The van der Waals surface area contributed by atoms with E-state index < -0.39 is 0 Å². The largest absolute Gasteiger partial charge is 0.366 e. The minimum atomic E-state index is -0.215. The monoisotopic (exact) mass is 307 g/mol. The number of hydrogen-bond donors (Lipinski definition) is 1. The summed E-state index contributed by atoms with van der Waals surface area (Å²) in [4.78, 5) is 14.3. The van der Waals surface area contributed by atoms with Crippen LogP contribution >= 0.6 is 23.2 Å². The summed E-state index contributed by atoms with van der Waals surface area (Å²) < 4.78 is 0. The molecule has 1 unspecified atom stereocenters. The average molecular weight is 308 g/mol. The lowest BCUT2D eigenvalue weighted by molar-refractivity contribution is 0.660. The van der Waals surface area contributed by atoms with Crippen LogP contribution in [0.1, 0.15) is 17.4 Å². The second-order valence-electron chi connectivity index (χ2n) is 4.33. The molecule has 0 aromatic carbocycles. The highest BCUT2D eigenvalue weighted by Crippen LogP contribution is 2.35. The van der Waals surface area contributed by atoms with Crippen LogP contribution in [0.15, 0.2) is 37.2 Å². The summed E-state index contributed by atoms with van der Waals surface area (Å²) in [6.45, 7) is 1.92. The van der Waals surface area contributed by atoms with Gasteiger partial charge in [-0.3, -0.25) is 4.98 Å². The number of pyridine rings is 1. The van der Waals surface area contributed by atoms with Gasteiger partial charge in [0.2, 0.25) is 0 Å². The predicted molar refractivity (Wildman–Crippen MR) is 78.5 cm³/mol. The zero-order chi connectivity index (χ0) is 14.1. The maximum Gasteiger partial charge on any atom is 0.138 e. The first-order valence-corrected chi connectivity index (χ1v) is 6.71. The lowest BCUT2D eigenvalue weighted by Gasteiger charge is -2.26. The molecule has 3 rings (SSSR count). The number of halogens is 2. The topological polar surface area (TPSA) is 53.9 Å². The highest BCUT2D eigenvalue weighted by Gasteiger charge is 2.27. The van der Waals surface area contributed by atoms with Crippen LogP contribution in [0.2, 0.25) is 10.0 Å². The molecule has 0 saturated heterocycles. The molecule has 3 heterocycles. The normalized spacial score (nSPS) is 17.4. The van der Waals surface area contributed by atoms with Gasteiger partial charge in [-0.1, -0.05) is 23.2 Å². The van der Waals surface area contributed by atoms with Crippen molar-refractivity contribution in [2.24, 2.45) is 0 Å². The van der Waals surface area contributed by atoms with E-state index in [1.807, 2.05) is 30.3 Å². The van der Waals surface area contributed by atoms with Gasteiger partial charge in [-0.05, 0) is 6.92 Å². The lowest BCUT2D eigenvalue weighted by atomic mass is 10.2. The average Bonchev–Trinajstić information content (AvgIpc) is 2.87. The number of rotatable bonds is 2. The number of aromatic nitrogens is 3. The van der Waals surface area contributed by atoms with Gasteiger partial charge in [-0.25, -0.2) is 9.97 Å². The van der Waals surface area contributed by atoms with Gasteiger partial charge in [0, 0.05) is 42.1 Å². The first-order chi connectivity index (χ1) is 9.66. The van der Waals surface area contributed by atoms with Crippen molar-refractivity contribution in [2.45, 2.75) is 13.1 Å². The fourth-order valence-corrected chi connectivity index (χ4v) is 2.65. The lowest BCUT2D eigenvalue weighted by Crippen LogP contribution is -2.28. The first kappa shape index (κ1) is 13.1. The third kappa shape index (κ3) is 2.30. The molecule has 0 aliphatic carbocycles. The minimum Gasteiger partial charge on any atom is -0.366 e. The van der Waals surface area contributed by atoms with E-state index in [0.717, 1.165) is 17.1 Å². The third-order valence-electron chi connectivity index (χ3n) is 2.99. The Morgan fingerprint density at radius 2 is 1.95 bits per heavy atom. The fourth-order valence-electron chi connectivity index (χ4n) is 2.08. The molecule has 2 aromatic rings. The highest BCUT2D eigenvalue weighted by atomic mass is 35.5. The Morgan fingerprint density at radius 1 is 1.20 bits per heavy atom. The quantitative estimate of drug-likeness (QED) is 0.924. The van der Waals surface area contributed by atoms with Gasteiger partial charge in [0.05, 0.1) is 10.0 Å². The van der Waals surface area contributed by atoms with E-state index in [9.17, 15) is 0 Å². The number of hydrogen-bond acceptors (Lipinski definition) is 5. The SMILES string of the molecule is Cc1cc(N2C=CNC2c2c(Cl)cncc2Cl)ncn1. The van der Waals surface area contributed by atoms with Gasteiger partial charge in [-0.15, -0.1) is 0 Å². The Balaban J connectivity index is 2.02. The van der Waals surface area contributed by atoms with Gasteiger partial charge in [0.25, 0.3) is 0 Å². The summed E-state index contributed by atoms with van der Waals surface area (Å²) in [5.74, 6) is 0.771. The van der Waals surface area contributed by atoms with E-state index in [1.54, 1.807) is 12.4 Å². The molecule has 20 heavy (non-hydrogen) atoms. The highest BCUT2D eigenvalue weighted by molar-refractivity contribution is 6.35. The standard InChI is InChI=1S/C13H11Cl2N5/c1-8-4-11(19-7-18-8)20-3-2-17-13(20)12-9(14)5-16-6-10(12)15/h2-7,13,17H,1H3. The van der Waals surface area contributed by atoms with Crippen molar-refractivity contribution < 1.29 is 0 Å². The first-order valence-electron chi connectivity index (χ1n) is 5.95. The van der Waals surface area contributed by atoms with Crippen molar-refractivity contribution in [2.75, 3.05) is 4.90 Å². The van der Waals surface area contributed by atoms with Crippen LogP contribution in [-0.4, -0.2) is 15.0 Å². The Bertz CT molecular complexity index is 653. The number of anilines is 1. The van der Waals surface area contributed by atoms with E-state index >= 15 is 0 Å². The molecule has 0 radical (unpaired) electrons. The Hall–Kier alpha value is -1.85. The molecule has 5 nitrogen and oxygen atoms in total. The summed E-state index contributed by atoms with van der Waals surface area (Å²) in [7, 11) is 0. The smallest absolute Gasteiger partial charge is 0.138 e. The fraction of sp³-hybridized carbons (Fsp3) is 0.154. The minimum absolute atomic E-state index is 0.215. The van der Waals surface area contributed by atoms with Crippen LogP contribution in [0.25, 0.3) is 0 Å². The molecule has 1 aliphatic rings. The summed E-state index contributed by atoms with van der Waals surface area (Å²) >= 11 is 12.4. The number of aryl methyl sites for hydroxylation is 1. The van der Waals surface area contributed by atoms with Crippen LogP contribution in [0.5, 0.6) is 0 Å². The Labute approximate surface area is 126 Å². The maximum atomic E-state index is 6.22. The second-order valence-corrected chi connectivity index (χ2v) is 5.14. The van der Waals surface area contributed by atoms with Crippen molar-refractivity contribution >= 4 is 29.0 Å². The van der Waals surface area contributed by atoms with Gasteiger partial charge in [-0.2, -0.15) is 0 Å². The van der Waals surface area contributed by atoms with Crippen molar-refractivity contribution in [3.8, 4) is 0 Å². The van der Waals surface area contributed by atoms with E-state index in [2.05, 4.69) is 20.3 Å². The summed E-state index contributed by atoms with van der Waals surface area (Å²) in [5, 5.41) is 4.23. The van der Waals surface area contributed by atoms with Crippen molar-refractivity contribution in [1.82, 2.24) is 20.3 Å². The third-order valence-corrected chi connectivity index (χ3v) is 3.59. The molecule has 0 fully saturated rings. The zero-order valence-corrected chi connectivity index (χ0v) is 12.1. The molecule has 1 aliphatic heterocycles. The summed E-state index contributed by atoms with van der Waals surface area (Å²) in [6, 6.07) is 1.90. The molecule has 1 atom stereocenters. The molecule has 1 N–H and O–H groups in total. The molecule has 0 amide bonds. The Kier molecular flexibility index (Phi) is 3.46. The van der Waals surface area contributed by atoms with Gasteiger partial charge in [0.15, 0.2) is 0 Å². The van der Waals surface area contributed by atoms with Crippen molar-refractivity contribution in [3.05, 3.63) is 58.5 Å². The number of nitrogens with one attached hydrogen (secondary N) is 1. The van der Waals surface area contributed by atoms with E-state index in [-0.39, 0.29) is 6.17 Å². The van der Waals surface area contributed by atoms with E-state index in [1.165, 1.54) is 6.33 Å². The van der Waals surface area contributed by atoms with Crippen LogP contribution in [0, 0.1) is 6.92 Å². The maximum absolute atomic E-state index is 6.22. The molecular formula is C13H11Cl2N5. The van der Waals surface area contributed by atoms with Gasteiger partial charge in [0.1, 0.15) is 18.3 Å². The molecule has 7 heteroatoms. The molecule has 0 bridgehead atoms. The van der Waals surface area contributed by atoms with Crippen molar-refractivity contribution in [1.29, 1.82) is 0 Å². The summed E-state index contributed by atoms with van der Waals surface area (Å²) in [6.07, 6.45) is 8.18. The molecule has 0 saturated carbocycles. The molecule has 2 aromatic heterocycles. The van der Waals surface area contributed by atoms with Crippen molar-refractivity contribution in [3.63, 3.8) is 0 Å². The summed E-state index contributed by atoms with van der Waals surface area (Å²) in [5.41, 5.74) is 1.66.